The highest BCUT2D eigenvalue weighted by molar-refractivity contribution is 7.84. The third kappa shape index (κ3) is 15.7. The molecule has 0 saturated carbocycles. The molecule has 0 rings (SSSR count). The molecule has 0 bridgehead atoms. The van der Waals surface area contributed by atoms with Crippen molar-refractivity contribution in [3.63, 3.8) is 0 Å². The molecule has 60 valence electrons. The summed E-state index contributed by atoms with van der Waals surface area (Å²) in [5.41, 5.74) is 0.176. The van der Waals surface area contributed by atoms with Crippen molar-refractivity contribution in [2.45, 2.75) is 6.92 Å². The summed E-state index contributed by atoms with van der Waals surface area (Å²) >= 11 is 7.69. The molecule has 0 spiro atoms. The number of hydrogen-bond acceptors (Lipinski definition) is 3. The summed E-state index contributed by atoms with van der Waals surface area (Å²) in [4.78, 5) is 9.60. The Hall–Kier alpha value is -0.0900. The maximum atomic E-state index is 9.60. The quantitative estimate of drug-likeness (QED) is 0.445. The number of carboxylic acid groups (broad SMARTS) is 1. The minimum absolute atomic E-state index is 0.176. The lowest BCUT2D eigenvalue weighted by atomic mass is 10.4. The molecule has 0 amide bonds. The topological polar surface area (TPSA) is 37.3 Å². The second kappa shape index (κ2) is 8.91. The first-order valence-electron chi connectivity index (χ1n) is 2.66. The van der Waals surface area contributed by atoms with E-state index in [0.29, 0.717) is 0 Å². The van der Waals surface area contributed by atoms with Crippen molar-refractivity contribution in [1.82, 2.24) is 0 Å². The van der Waals surface area contributed by atoms with Crippen LogP contribution in [0.1, 0.15) is 6.92 Å². The highest BCUT2D eigenvalue weighted by Gasteiger charge is 1.90. The van der Waals surface area contributed by atoms with Gasteiger partial charge in [0.15, 0.2) is 0 Å². The summed E-state index contributed by atoms with van der Waals surface area (Å²) < 4.78 is 0. The monoisotopic (exact) mass is 180 g/mol. The third-order valence-corrected chi connectivity index (χ3v) is 1.27. The van der Waals surface area contributed by atoms with Crippen molar-refractivity contribution in [1.29, 1.82) is 0 Å². The summed E-state index contributed by atoms with van der Waals surface area (Å²) in [7, 11) is 0. The van der Waals surface area contributed by atoms with Gasteiger partial charge in [-0.15, -0.1) is 0 Å². The van der Waals surface area contributed by atoms with E-state index in [1.807, 2.05) is 0 Å². The van der Waals surface area contributed by atoms with Gasteiger partial charge in [0.1, 0.15) is 0 Å². The fourth-order valence-corrected chi connectivity index (χ4v) is 0. The standard InChI is InChI=1S/C4H6O2.C2H6S2/c1-3(2)4(5)6;3-1-2-4/h1H2,2H3,(H,5,6);3-4H,1-2H2. The molecule has 1 N–H and O–H groups in total. The van der Waals surface area contributed by atoms with Crippen molar-refractivity contribution in [3.05, 3.63) is 12.2 Å². The summed E-state index contributed by atoms with van der Waals surface area (Å²) in [6, 6.07) is 0. The van der Waals surface area contributed by atoms with Gasteiger partial charge in [-0.1, -0.05) is 6.58 Å². The van der Waals surface area contributed by atoms with Gasteiger partial charge in [-0.2, -0.15) is 25.3 Å². The Morgan fingerprint density at radius 2 is 1.70 bits per heavy atom. The Kier molecular flexibility index (Phi) is 11.2. The predicted molar refractivity (Wildman–Crippen MR) is 50.2 cm³/mol. The molecule has 0 saturated heterocycles. The minimum atomic E-state index is -0.935. The van der Waals surface area contributed by atoms with E-state index in [-0.39, 0.29) is 5.57 Å². The van der Waals surface area contributed by atoms with Crippen LogP contribution >= 0.6 is 25.3 Å². The first-order valence-corrected chi connectivity index (χ1v) is 3.93. The highest BCUT2D eigenvalue weighted by atomic mass is 32.1. The van der Waals surface area contributed by atoms with Gasteiger partial charge in [0, 0.05) is 5.57 Å². The molecule has 0 aliphatic rings. The van der Waals surface area contributed by atoms with Crippen LogP contribution in [0.25, 0.3) is 0 Å². The van der Waals surface area contributed by atoms with Gasteiger partial charge in [-0.05, 0) is 18.4 Å². The number of aliphatic carboxylic acids is 1. The number of thiol groups is 2. The average Bonchev–Trinajstić information content (AvgIpc) is 1.89. The van der Waals surface area contributed by atoms with Gasteiger partial charge in [-0.3, -0.25) is 0 Å². The number of carboxylic acids is 1. The molecule has 0 aromatic heterocycles. The van der Waals surface area contributed by atoms with Gasteiger partial charge in [-0.25, -0.2) is 4.79 Å². The van der Waals surface area contributed by atoms with Gasteiger partial charge in [0.05, 0.1) is 0 Å². The Labute approximate surface area is 72.1 Å². The first kappa shape index (κ1) is 12.6. The van der Waals surface area contributed by atoms with Crippen LogP contribution in [0.5, 0.6) is 0 Å². The third-order valence-electron chi connectivity index (χ3n) is 0.465. The van der Waals surface area contributed by atoms with Crippen molar-refractivity contribution in [2.24, 2.45) is 0 Å². The Balaban J connectivity index is 0. The van der Waals surface area contributed by atoms with Crippen LogP contribution < -0.4 is 0 Å². The number of rotatable bonds is 2. The van der Waals surface area contributed by atoms with Crippen molar-refractivity contribution < 1.29 is 9.90 Å². The molecule has 4 heteroatoms. The van der Waals surface area contributed by atoms with Crippen LogP contribution in [-0.2, 0) is 4.79 Å². The van der Waals surface area contributed by atoms with Crippen molar-refractivity contribution in [2.75, 3.05) is 11.5 Å². The van der Waals surface area contributed by atoms with E-state index in [4.69, 9.17) is 5.11 Å². The maximum Gasteiger partial charge on any atom is 0.330 e. The van der Waals surface area contributed by atoms with Crippen molar-refractivity contribution >= 4 is 31.2 Å². The van der Waals surface area contributed by atoms with Gasteiger partial charge >= 0.3 is 5.97 Å². The molecule has 0 atom stereocenters. The summed E-state index contributed by atoms with van der Waals surface area (Å²) in [5.74, 6) is 0.821. The first-order chi connectivity index (χ1) is 4.56. The smallest absolute Gasteiger partial charge is 0.330 e. The zero-order valence-electron chi connectivity index (χ0n) is 5.87. The molecule has 0 radical (unpaired) electrons. The number of carbonyl (C=O) groups is 1. The molecule has 0 aromatic rings. The zero-order valence-corrected chi connectivity index (χ0v) is 7.66. The molecule has 10 heavy (non-hydrogen) atoms. The van der Waals surface area contributed by atoms with Crippen LogP contribution in [0.15, 0.2) is 12.2 Å². The molecule has 2 nitrogen and oxygen atoms in total. The van der Waals surface area contributed by atoms with Crippen LogP contribution in [0.3, 0.4) is 0 Å². The van der Waals surface area contributed by atoms with Crippen LogP contribution in [0.4, 0.5) is 0 Å². The van der Waals surface area contributed by atoms with Gasteiger partial charge in [0.2, 0.25) is 0 Å². The summed E-state index contributed by atoms with van der Waals surface area (Å²) in [5, 5.41) is 7.89. The zero-order chi connectivity index (χ0) is 8.57. The molecule has 0 unspecified atom stereocenters. The van der Waals surface area contributed by atoms with Gasteiger partial charge in [0.25, 0.3) is 0 Å². The number of hydrogen-bond donors (Lipinski definition) is 3. The molecule has 0 fully saturated rings. The average molecular weight is 180 g/mol. The summed E-state index contributed by atoms with van der Waals surface area (Å²) in [6.45, 7) is 4.60. The maximum absolute atomic E-state index is 9.60. The van der Waals surface area contributed by atoms with Crippen LogP contribution in [0, 0.1) is 0 Å². The molecule has 0 aliphatic heterocycles. The lowest BCUT2D eigenvalue weighted by molar-refractivity contribution is -0.132. The van der Waals surface area contributed by atoms with Crippen molar-refractivity contribution in [3.8, 4) is 0 Å². The fraction of sp³-hybridized carbons (Fsp3) is 0.500. The lowest BCUT2D eigenvalue weighted by Crippen LogP contribution is -1.92. The fourth-order valence-electron chi connectivity index (χ4n) is 0. The highest BCUT2D eigenvalue weighted by Crippen LogP contribution is 1.81. The van der Waals surface area contributed by atoms with E-state index in [1.165, 1.54) is 6.92 Å². The second-order valence-electron chi connectivity index (χ2n) is 1.53. The van der Waals surface area contributed by atoms with E-state index in [1.54, 1.807) is 0 Å². The minimum Gasteiger partial charge on any atom is -0.478 e. The molecule has 0 aromatic carbocycles. The predicted octanol–water partition coefficient (Wildman–Crippen LogP) is 1.49. The van der Waals surface area contributed by atoms with E-state index >= 15 is 0 Å². The van der Waals surface area contributed by atoms with Crippen LogP contribution in [0.2, 0.25) is 0 Å². The van der Waals surface area contributed by atoms with Crippen LogP contribution in [-0.4, -0.2) is 22.6 Å². The Bertz CT molecular complexity index is 98.3. The molecule has 0 aliphatic carbocycles. The molecular formula is C6H12O2S2. The van der Waals surface area contributed by atoms with E-state index < -0.39 is 5.97 Å². The second-order valence-corrected chi connectivity index (χ2v) is 2.43. The largest absolute Gasteiger partial charge is 0.478 e. The van der Waals surface area contributed by atoms with E-state index in [0.717, 1.165) is 11.5 Å². The SMILES string of the molecule is C=C(C)C(=O)O.SCCS. The van der Waals surface area contributed by atoms with E-state index in [9.17, 15) is 4.79 Å². The lowest BCUT2D eigenvalue weighted by Gasteiger charge is -1.79. The Morgan fingerprint density at radius 3 is 1.70 bits per heavy atom. The van der Waals surface area contributed by atoms with Gasteiger partial charge < -0.3 is 5.11 Å². The molecular weight excluding hydrogens is 168 g/mol. The normalized spacial score (nSPS) is 7.50. The summed E-state index contributed by atoms with van der Waals surface area (Å²) in [6.07, 6.45) is 0. The van der Waals surface area contributed by atoms with E-state index in [2.05, 4.69) is 31.8 Å². The Morgan fingerprint density at radius 1 is 1.50 bits per heavy atom. The molecule has 0 heterocycles.